The van der Waals surface area contributed by atoms with Gasteiger partial charge >= 0.3 is 0 Å². The normalized spacial score (nSPS) is 14.6. The Balaban J connectivity index is 1.38. The minimum Gasteiger partial charge on any atom is -0.356 e. The number of carbonyl (C=O) groups excluding carboxylic acids is 1. The number of aromatic nitrogens is 3. The number of nitrogens with zero attached hydrogens (tertiary/aromatic N) is 4. The van der Waals surface area contributed by atoms with E-state index in [0.717, 1.165) is 37.3 Å². The van der Waals surface area contributed by atoms with Gasteiger partial charge in [0, 0.05) is 38.7 Å². The van der Waals surface area contributed by atoms with Crippen LogP contribution in [0.2, 0.25) is 0 Å². The second-order valence-electron chi connectivity index (χ2n) is 8.37. The van der Waals surface area contributed by atoms with Crippen LogP contribution in [-0.4, -0.2) is 34.1 Å². The molecule has 31 heavy (non-hydrogen) atoms. The van der Waals surface area contributed by atoms with Crippen molar-refractivity contribution in [2.45, 2.75) is 47.1 Å². The van der Waals surface area contributed by atoms with E-state index in [1.807, 2.05) is 12.1 Å². The SMILES string of the molecule is Cc1cc(C)c(CNC(=O)C2CCN(c3ncccc3-c3noc(C)n3)CC2)c(C)c1. The number of benzene rings is 1. The van der Waals surface area contributed by atoms with Crippen molar-refractivity contribution in [2.75, 3.05) is 18.0 Å². The summed E-state index contributed by atoms with van der Waals surface area (Å²) in [7, 11) is 0. The van der Waals surface area contributed by atoms with Gasteiger partial charge in [0.05, 0.1) is 5.56 Å². The molecule has 7 nitrogen and oxygen atoms in total. The van der Waals surface area contributed by atoms with Gasteiger partial charge in [-0.2, -0.15) is 4.98 Å². The predicted octanol–water partition coefficient (Wildman–Crippen LogP) is 3.90. The molecule has 0 saturated carbocycles. The Bertz CT molecular complexity index is 1060. The maximum Gasteiger partial charge on any atom is 0.223 e. The molecule has 1 amide bonds. The van der Waals surface area contributed by atoms with Gasteiger partial charge in [-0.05, 0) is 62.4 Å². The van der Waals surface area contributed by atoms with Crippen molar-refractivity contribution in [1.82, 2.24) is 20.4 Å². The van der Waals surface area contributed by atoms with E-state index in [1.165, 1.54) is 22.3 Å². The fourth-order valence-corrected chi connectivity index (χ4v) is 4.39. The van der Waals surface area contributed by atoms with Gasteiger partial charge in [0.25, 0.3) is 0 Å². The zero-order chi connectivity index (χ0) is 22.0. The molecule has 4 rings (SSSR count). The summed E-state index contributed by atoms with van der Waals surface area (Å²) in [5.41, 5.74) is 5.78. The van der Waals surface area contributed by atoms with Gasteiger partial charge in [-0.25, -0.2) is 4.98 Å². The third-order valence-electron chi connectivity index (χ3n) is 6.00. The maximum atomic E-state index is 12.8. The third kappa shape index (κ3) is 4.60. The van der Waals surface area contributed by atoms with E-state index >= 15 is 0 Å². The molecule has 3 aromatic rings. The molecule has 2 aromatic heterocycles. The molecule has 1 aromatic carbocycles. The summed E-state index contributed by atoms with van der Waals surface area (Å²) in [5.74, 6) is 2.06. The molecule has 3 heterocycles. The zero-order valence-corrected chi connectivity index (χ0v) is 18.6. The van der Waals surface area contributed by atoms with E-state index < -0.39 is 0 Å². The van der Waals surface area contributed by atoms with Crippen LogP contribution < -0.4 is 10.2 Å². The van der Waals surface area contributed by atoms with Crippen molar-refractivity contribution in [3.05, 3.63) is 58.6 Å². The van der Waals surface area contributed by atoms with Crippen LogP contribution in [0.25, 0.3) is 11.4 Å². The average Bonchev–Trinajstić information content (AvgIpc) is 3.19. The number of pyridine rings is 1. The number of carbonyl (C=O) groups is 1. The molecule has 0 spiro atoms. The number of hydrogen-bond donors (Lipinski definition) is 1. The van der Waals surface area contributed by atoms with Gasteiger partial charge in [0.2, 0.25) is 17.6 Å². The maximum absolute atomic E-state index is 12.8. The summed E-state index contributed by atoms with van der Waals surface area (Å²) in [6, 6.07) is 8.17. The summed E-state index contributed by atoms with van der Waals surface area (Å²) in [6.07, 6.45) is 3.36. The monoisotopic (exact) mass is 419 g/mol. The van der Waals surface area contributed by atoms with Crippen LogP contribution in [0.1, 0.15) is 41.0 Å². The quantitative estimate of drug-likeness (QED) is 0.675. The van der Waals surface area contributed by atoms with Gasteiger partial charge in [0.15, 0.2) is 0 Å². The Hall–Kier alpha value is -3.22. The first-order chi connectivity index (χ1) is 14.9. The average molecular weight is 420 g/mol. The fourth-order valence-electron chi connectivity index (χ4n) is 4.39. The standard InChI is InChI=1S/C24H29N5O2/c1-15-12-16(2)21(17(3)13-15)14-26-24(30)19-7-10-29(11-8-19)23-20(6-5-9-25-23)22-27-18(4)31-28-22/h5-6,9,12-13,19H,7-8,10-11,14H2,1-4H3,(H,26,30). The molecule has 162 valence electrons. The summed E-state index contributed by atoms with van der Waals surface area (Å²) < 4.78 is 5.14. The Morgan fingerprint density at radius 3 is 2.52 bits per heavy atom. The lowest BCUT2D eigenvalue weighted by Gasteiger charge is -2.33. The van der Waals surface area contributed by atoms with Crippen LogP contribution in [0.3, 0.4) is 0 Å². The minimum atomic E-state index is 0.0156. The van der Waals surface area contributed by atoms with Crippen LogP contribution in [0.4, 0.5) is 5.82 Å². The van der Waals surface area contributed by atoms with Crippen molar-refractivity contribution in [2.24, 2.45) is 5.92 Å². The summed E-state index contributed by atoms with van der Waals surface area (Å²) in [4.78, 5) is 23.9. The van der Waals surface area contributed by atoms with Crippen molar-refractivity contribution >= 4 is 11.7 Å². The van der Waals surface area contributed by atoms with Crippen molar-refractivity contribution < 1.29 is 9.32 Å². The Morgan fingerprint density at radius 2 is 1.87 bits per heavy atom. The lowest BCUT2D eigenvalue weighted by Crippen LogP contribution is -2.41. The van der Waals surface area contributed by atoms with Crippen LogP contribution in [0.5, 0.6) is 0 Å². The number of nitrogens with one attached hydrogen (secondary N) is 1. The van der Waals surface area contributed by atoms with Gasteiger partial charge in [0.1, 0.15) is 5.82 Å². The second kappa shape index (κ2) is 8.88. The summed E-state index contributed by atoms with van der Waals surface area (Å²) in [6.45, 7) is 10.2. The van der Waals surface area contributed by atoms with Crippen LogP contribution in [0, 0.1) is 33.6 Å². The van der Waals surface area contributed by atoms with Crippen molar-refractivity contribution in [3.8, 4) is 11.4 Å². The first kappa shape index (κ1) is 21.0. The molecule has 1 N–H and O–H groups in total. The number of anilines is 1. The number of rotatable bonds is 5. The van der Waals surface area contributed by atoms with Crippen LogP contribution in [-0.2, 0) is 11.3 Å². The largest absolute Gasteiger partial charge is 0.356 e. The minimum absolute atomic E-state index is 0.0156. The fraction of sp³-hybridized carbons (Fsp3) is 0.417. The Kier molecular flexibility index (Phi) is 6.02. The van der Waals surface area contributed by atoms with E-state index in [-0.39, 0.29) is 11.8 Å². The highest BCUT2D eigenvalue weighted by Crippen LogP contribution is 2.30. The molecule has 1 aliphatic heterocycles. The molecule has 1 aliphatic rings. The lowest BCUT2D eigenvalue weighted by molar-refractivity contribution is -0.125. The smallest absolute Gasteiger partial charge is 0.223 e. The molecule has 0 bridgehead atoms. The van der Waals surface area contributed by atoms with Crippen LogP contribution in [0.15, 0.2) is 35.0 Å². The van der Waals surface area contributed by atoms with Gasteiger partial charge < -0.3 is 14.7 Å². The highest BCUT2D eigenvalue weighted by molar-refractivity contribution is 5.79. The summed E-state index contributed by atoms with van der Waals surface area (Å²) >= 11 is 0. The summed E-state index contributed by atoms with van der Waals surface area (Å²) in [5, 5.41) is 7.20. The highest BCUT2D eigenvalue weighted by Gasteiger charge is 2.27. The van der Waals surface area contributed by atoms with E-state index in [9.17, 15) is 4.79 Å². The lowest BCUT2D eigenvalue weighted by atomic mass is 9.95. The number of hydrogen-bond acceptors (Lipinski definition) is 6. The third-order valence-corrected chi connectivity index (χ3v) is 6.00. The predicted molar refractivity (Wildman–Crippen MR) is 120 cm³/mol. The van der Waals surface area contributed by atoms with Crippen molar-refractivity contribution in [1.29, 1.82) is 0 Å². The van der Waals surface area contributed by atoms with Crippen molar-refractivity contribution in [3.63, 3.8) is 0 Å². The number of piperidine rings is 1. The van der Waals surface area contributed by atoms with E-state index in [1.54, 1.807) is 13.1 Å². The first-order valence-electron chi connectivity index (χ1n) is 10.8. The Morgan fingerprint density at radius 1 is 1.16 bits per heavy atom. The topological polar surface area (TPSA) is 84.2 Å². The van der Waals surface area contributed by atoms with Gasteiger partial charge in [-0.3, -0.25) is 4.79 Å². The highest BCUT2D eigenvalue weighted by atomic mass is 16.5. The molecule has 7 heteroatoms. The van der Waals surface area contributed by atoms with E-state index in [4.69, 9.17) is 4.52 Å². The van der Waals surface area contributed by atoms with E-state index in [2.05, 4.69) is 58.2 Å². The number of aryl methyl sites for hydroxylation is 4. The molecule has 0 atom stereocenters. The molecular formula is C24H29N5O2. The van der Waals surface area contributed by atoms with Crippen LogP contribution >= 0.6 is 0 Å². The molecule has 1 saturated heterocycles. The molecule has 0 radical (unpaired) electrons. The second-order valence-corrected chi connectivity index (χ2v) is 8.37. The zero-order valence-electron chi connectivity index (χ0n) is 18.6. The van der Waals surface area contributed by atoms with Gasteiger partial charge in [-0.1, -0.05) is 22.9 Å². The molecular weight excluding hydrogens is 390 g/mol. The first-order valence-corrected chi connectivity index (χ1v) is 10.8. The van der Waals surface area contributed by atoms with E-state index in [0.29, 0.717) is 18.3 Å². The number of amides is 1. The molecule has 0 unspecified atom stereocenters. The Labute approximate surface area is 182 Å². The van der Waals surface area contributed by atoms with Gasteiger partial charge in [-0.15, -0.1) is 0 Å². The molecule has 0 aliphatic carbocycles. The molecule has 1 fully saturated rings.